The smallest absolute Gasteiger partial charge is 0.277 e. The maximum absolute atomic E-state index is 12.5. The number of thioether (sulfide) groups is 1. The molecule has 0 fully saturated rings. The van der Waals surface area contributed by atoms with Crippen LogP contribution in [-0.2, 0) is 12.8 Å². The molecule has 4 rings (SSSR count). The van der Waals surface area contributed by atoms with E-state index < -0.39 is 0 Å². The summed E-state index contributed by atoms with van der Waals surface area (Å²) < 4.78 is 6.75. The number of fused-ring (bicyclic) bond motifs is 3. The first-order valence-corrected chi connectivity index (χ1v) is 8.15. The molecule has 0 radical (unpaired) electrons. The number of aryl methyl sites for hydroxylation is 2. The molecule has 0 bridgehead atoms. The van der Waals surface area contributed by atoms with E-state index in [0.29, 0.717) is 17.3 Å². The van der Waals surface area contributed by atoms with E-state index in [0.717, 1.165) is 22.6 Å². The molecule has 1 N–H and O–H groups in total. The van der Waals surface area contributed by atoms with Crippen molar-refractivity contribution < 1.29 is 9.32 Å². The van der Waals surface area contributed by atoms with Crippen LogP contribution in [0.5, 0.6) is 0 Å². The monoisotopic (exact) mass is 326 g/mol. The lowest BCUT2D eigenvalue weighted by Gasteiger charge is -2.16. The quantitative estimate of drug-likeness (QED) is 0.782. The highest BCUT2D eigenvalue weighted by atomic mass is 32.2. The molecule has 0 saturated carbocycles. The molecule has 2 aromatic heterocycles. The fourth-order valence-electron chi connectivity index (χ4n) is 2.76. The zero-order valence-electron chi connectivity index (χ0n) is 12.7. The van der Waals surface area contributed by atoms with Gasteiger partial charge in [0.25, 0.3) is 5.91 Å². The summed E-state index contributed by atoms with van der Waals surface area (Å²) in [5, 5.41) is 11.0. The van der Waals surface area contributed by atoms with Crippen molar-refractivity contribution in [3.8, 4) is 11.3 Å². The highest BCUT2D eigenvalue weighted by molar-refractivity contribution is 7.98. The molecule has 3 heterocycles. The van der Waals surface area contributed by atoms with Gasteiger partial charge in [-0.25, -0.2) is 0 Å². The second-order valence-electron chi connectivity index (χ2n) is 5.36. The van der Waals surface area contributed by atoms with E-state index in [-0.39, 0.29) is 5.91 Å². The number of anilines is 1. The number of benzene rings is 1. The number of hydrogen-bond acceptors (Lipinski definition) is 5. The summed E-state index contributed by atoms with van der Waals surface area (Å²) >= 11 is 1.72. The van der Waals surface area contributed by atoms with Gasteiger partial charge in [-0.3, -0.25) is 9.48 Å². The maximum atomic E-state index is 12.5. The molecule has 0 spiro atoms. The van der Waals surface area contributed by atoms with Crippen LogP contribution in [0.3, 0.4) is 0 Å². The number of carbonyl (C=O) groups excluding carboxylic acids is 1. The van der Waals surface area contributed by atoms with Gasteiger partial charge in [-0.05, 0) is 13.0 Å². The molecule has 1 aliphatic rings. The van der Waals surface area contributed by atoms with Gasteiger partial charge in [-0.2, -0.15) is 5.10 Å². The van der Waals surface area contributed by atoms with E-state index in [1.54, 1.807) is 29.4 Å². The third-order valence-electron chi connectivity index (χ3n) is 3.74. The number of amides is 1. The first kappa shape index (κ1) is 14.1. The average molecular weight is 326 g/mol. The molecule has 116 valence electrons. The van der Waals surface area contributed by atoms with Crippen LogP contribution in [0.2, 0.25) is 0 Å². The van der Waals surface area contributed by atoms with Crippen molar-refractivity contribution >= 4 is 23.5 Å². The van der Waals surface area contributed by atoms with Crippen LogP contribution in [0.15, 0.2) is 39.8 Å². The summed E-state index contributed by atoms with van der Waals surface area (Å²) in [5.74, 6) is 1.50. The second-order valence-corrected chi connectivity index (χ2v) is 6.38. The van der Waals surface area contributed by atoms with E-state index in [4.69, 9.17) is 4.52 Å². The molecule has 0 saturated heterocycles. The van der Waals surface area contributed by atoms with Gasteiger partial charge < -0.3 is 9.84 Å². The molecule has 0 atom stereocenters. The molecule has 1 amide bonds. The van der Waals surface area contributed by atoms with E-state index in [1.807, 2.05) is 19.2 Å². The summed E-state index contributed by atoms with van der Waals surface area (Å²) in [6.07, 6.45) is 0. The number of rotatable bonds is 2. The van der Waals surface area contributed by atoms with Crippen LogP contribution in [0, 0.1) is 6.92 Å². The molecule has 0 unspecified atom stereocenters. The Labute approximate surface area is 136 Å². The minimum Gasteiger partial charge on any atom is -0.360 e. The first-order chi connectivity index (χ1) is 11.1. The van der Waals surface area contributed by atoms with E-state index in [9.17, 15) is 4.79 Å². The maximum Gasteiger partial charge on any atom is 0.277 e. The van der Waals surface area contributed by atoms with Gasteiger partial charge in [0.05, 0.1) is 5.69 Å². The van der Waals surface area contributed by atoms with Crippen molar-refractivity contribution in [2.45, 2.75) is 17.6 Å². The molecule has 0 aliphatic carbocycles. The number of hydrogen-bond donors (Lipinski definition) is 1. The van der Waals surface area contributed by atoms with Crippen LogP contribution in [-0.4, -0.2) is 20.8 Å². The molecule has 3 aromatic rings. The van der Waals surface area contributed by atoms with Crippen LogP contribution < -0.4 is 5.32 Å². The fourth-order valence-corrected chi connectivity index (χ4v) is 3.83. The Bertz CT molecular complexity index is 913. The van der Waals surface area contributed by atoms with Crippen LogP contribution in [0.1, 0.15) is 21.8 Å². The van der Waals surface area contributed by atoms with Crippen molar-refractivity contribution in [2.24, 2.45) is 7.05 Å². The summed E-state index contributed by atoms with van der Waals surface area (Å²) in [6, 6.07) is 9.85. The van der Waals surface area contributed by atoms with Crippen molar-refractivity contribution in [2.75, 3.05) is 5.32 Å². The van der Waals surface area contributed by atoms with Crippen LogP contribution in [0.4, 0.5) is 5.82 Å². The van der Waals surface area contributed by atoms with Gasteiger partial charge in [0.1, 0.15) is 5.76 Å². The van der Waals surface area contributed by atoms with Crippen molar-refractivity contribution in [3.05, 3.63) is 47.3 Å². The molecule has 6 nitrogen and oxygen atoms in total. The Hall–Kier alpha value is -2.54. The topological polar surface area (TPSA) is 73.0 Å². The van der Waals surface area contributed by atoms with Gasteiger partial charge >= 0.3 is 0 Å². The molecule has 23 heavy (non-hydrogen) atoms. The fraction of sp³-hybridized carbons (Fsp3) is 0.188. The Morgan fingerprint density at radius 2 is 2.22 bits per heavy atom. The standard InChI is InChI=1S/C16H14N4O2S/c1-9-7-13(19-22-9)17-16(21)14-11-8-23-12-6-4-3-5-10(12)15(11)20(2)18-14/h3-7H,8H2,1-2H3,(H,17,19,21). The molecular weight excluding hydrogens is 312 g/mol. The molecule has 1 aromatic carbocycles. The lowest BCUT2D eigenvalue weighted by Crippen LogP contribution is -2.15. The molecule has 1 aliphatic heterocycles. The normalized spacial score (nSPS) is 12.6. The Kier molecular flexibility index (Phi) is 3.23. The van der Waals surface area contributed by atoms with E-state index >= 15 is 0 Å². The lowest BCUT2D eigenvalue weighted by atomic mass is 10.1. The predicted octanol–water partition coefficient (Wildman–Crippen LogP) is 3.24. The summed E-state index contributed by atoms with van der Waals surface area (Å²) in [7, 11) is 1.86. The molecule has 7 heteroatoms. The second kappa shape index (κ2) is 5.27. The molecular formula is C16H14N4O2S. The Morgan fingerprint density at radius 3 is 3.00 bits per heavy atom. The van der Waals surface area contributed by atoms with Gasteiger partial charge in [-0.1, -0.05) is 23.4 Å². The highest BCUT2D eigenvalue weighted by Crippen LogP contribution is 2.42. The number of aromatic nitrogens is 3. The summed E-state index contributed by atoms with van der Waals surface area (Å²) in [6.45, 7) is 1.78. The highest BCUT2D eigenvalue weighted by Gasteiger charge is 2.27. The van der Waals surface area contributed by atoms with Gasteiger partial charge in [0.15, 0.2) is 11.5 Å². The Balaban J connectivity index is 1.74. The number of nitrogens with zero attached hydrogens (tertiary/aromatic N) is 3. The van der Waals surface area contributed by atoms with Gasteiger partial charge in [0.2, 0.25) is 0 Å². The first-order valence-electron chi connectivity index (χ1n) is 7.16. The zero-order chi connectivity index (χ0) is 16.0. The zero-order valence-corrected chi connectivity index (χ0v) is 13.5. The van der Waals surface area contributed by atoms with Crippen molar-refractivity contribution in [3.63, 3.8) is 0 Å². The average Bonchev–Trinajstić information content (AvgIpc) is 3.11. The van der Waals surface area contributed by atoms with Crippen molar-refractivity contribution in [1.29, 1.82) is 0 Å². The number of nitrogens with one attached hydrogen (secondary N) is 1. The minimum absolute atomic E-state index is 0.268. The number of carbonyl (C=O) groups is 1. The van der Waals surface area contributed by atoms with E-state index in [2.05, 4.69) is 27.7 Å². The lowest BCUT2D eigenvalue weighted by molar-refractivity contribution is 0.102. The summed E-state index contributed by atoms with van der Waals surface area (Å²) in [4.78, 5) is 13.8. The van der Waals surface area contributed by atoms with Gasteiger partial charge in [0, 0.05) is 34.9 Å². The third-order valence-corrected chi connectivity index (χ3v) is 4.84. The third kappa shape index (κ3) is 2.33. The Morgan fingerprint density at radius 1 is 1.39 bits per heavy atom. The van der Waals surface area contributed by atoms with E-state index in [1.165, 1.54) is 4.90 Å². The largest absolute Gasteiger partial charge is 0.360 e. The minimum atomic E-state index is -0.268. The van der Waals surface area contributed by atoms with Crippen LogP contribution in [0.25, 0.3) is 11.3 Å². The SMILES string of the molecule is Cc1cc(NC(=O)c2nn(C)c3c2CSc2ccccc2-3)no1. The van der Waals surface area contributed by atoms with Gasteiger partial charge in [-0.15, -0.1) is 11.8 Å². The van der Waals surface area contributed by atoms with Crippen LogP contribution >= 0.6 is 11.8 Å². The van der Waals surface area contributed by atoms with Crippen molar-refractivity contribution in [1.82, 2.24) is 14.9 Å². The predicted molar refractivity (Wildman–Crippen MR) is 87.4 cm³/mol. The summed E-state index contributed by atoms with van der Waals surface area (Å²) in [5.41, 5.74) is 3.50.